The van der Waals surface area contributed by atoms with Gasteiger partial charge in [-0.1, -0.05) is 17.7 Å². The van der Waals surface area contributed by atoms with E-state index < -0.39 is 39.7 Å². The molecular formula is C19H12ClF4NO3S. The summed E-state index contributed by atoms with van der Waals surface area (Å²) < 4.78 is 83.9. The van der Waals surface area contributed by atoms with E-state index in [1.54, 1.807) is 0 Å². The summed E-state index contributed by atoms with van der Waals surface area (Å²) >= 11 is 5.73. The van der Waals surface area contributed by atoms with E-state index in [1.165, 1.54) is 30.3 Å². The summed E-state index contributed by atoms with van der Waals surface area (Å²) in [6, 6.07) is 11.4. The Bertz CT molecular complexity index is 1140. The number of benzene rings is 3. The largest absolute Gasteiger partial charge is 0.435 e. The molecule has 0 unspecified atom stereocenters. The molecule has 152 valence electrons. The molecule has 0 aliphatic rings. The van der Waals surface area contributed by atoms with Gasteiger partial charge in [-0.3, -0.25) is 4.72 Å². The van der Waals surface area contributed by atoms with Crippen molar-refractivity contribution in [3.8, 4) is 16.9 Å². The van der Waals surface area contributed by atoms with Crippen LogP contribution in [0.15, 0.2) is 65.6 Å². The smallest absolute Gasteiger partial charge is 0.387 e. The standard InChI is InChI=1S/C19H12ClF4NO3S/c20-13-2-4-16(5-3-13)29(26,27)25-18-9-11(1-6-17(18)22)12-7-14(21)10-15(8-12)28-19(23)24/h1-10,19,25H. The monoisotopic (exact) mass is 445 g/mol. The predicted octanol–water partition coefficient (Wildman–Crippen LogP) is 5.69. The van der Waals surface area contributed by atoms with Gasteiger partial charge in [-0.2, -0.15) is 8.78 Å². The van der Waals surface area contributed by atoms with E-state index in [0.717, 1.165) is 30.3 Å². The van der Waals surface area contributed by atoms with Crippen molar-refractivity contribution in [2.75, 3.05) is 4.72 Å². The van der Waals surface area contributed by atoms with Gasteiger partial charge in [-0.05, 0) is 59.7 Å². The molecule has 4 nitrogen and oxygen atoms in total. The maximum Gasteiger partial charge on any atom is 0.387 e. The Kier molecular flexibility index (Phi) is 5.99. The van der Waals surface area contributed by atoms with Gasteiger partial charge in [-0.15, -0.1) is 0 Å². The lowest BCUT2D eigenvalue weighted by Gasteiger charge is -2.12. The molecule has 0 saturated heterocycles. The average molecular weight is 446 g/mol. The predicted molar refractivity (Wildman–Crippen MR) is 101 cm³/mol. The normalized spacial score (nSPS) is 11.5. The number of hydrogen-bond acceptors (Lipinski definition) is 3. The molecule has 0 fully saturated rings. The molecule has 0 spiro atoms. The number of alkyl halides is 2. The third-order valence-electron chi connectivity index (χ3n) is 3.76. The second-order valence-corrected chi connectivity index (χ2v) is 7.93. The Morgan fingerprint density at radius 3 is 2.24 bits per heavy atom. The fraction of sp³-hybridized carbons (Fsp3) is 0.0526. The van der Waals surface area contributed by atoms with Crippen LogP contribution in [0.2, 0.25) is 5.02 Å². The highest BCUT2D eigenvalue weighted by molar-refractivity contribution is 7.92. The summed E-state index contributed by atoms with van der Waals surface area (Å²) in [6.45, 7) is -3.15. The van der Waals surface area contributed by atoms with Crippen molar-refractivity contribution in [3.63, 3.8) is 0 Å². The lowest BCUT2D eigenvalue weighted by molar-refractivity contribution is -0.0499. The van der Waals surface area contributed by atoms with Gasteiger partial charge in [0.1, 0.15) is 17.4 Å². The Morgan fingerprint density at radius 2 is 1.59 bits per heavy atom. The van der Waals surface area contributed by atoms with Gasteiger partial charge in [0.2, 0.25) is 0 Å². The molecule has 29 heavy (non-hydrogen) atoms. The van der Waals surface area contributed by atoms with Crippen LogP contribution in [0.1, 0.15) is 0 Å². The molecule has 0 bridgehead atoms. The van der Waals surface area contributed by atoms with Crippen molar-refractivity contribution in [2.24, 2.45) is 0 Å². The molecule has 10 heteroatoms. The quantitative estimate of drug-likeness (QED) is 0.496. The number of nitrogens with one attached hydrogen (secondary N) is 1. The zero-order valence-corrected chi connectivity index (χ0v) is 15.9. The maximum absolute atomic E-state index is 14.2. The summed E-state index contributed by atoms with van der Waals surface area (Å²) in [6.07, 6.45) is 0. The average Bonchev–Trinajstić information content (AvgIpc) is 2.62. The van der Waals surface area contributed by atoms with Crippen LogP contribution >= 0.6 is 11.6 Å². The third-order valence-corrected chi connectivity index (χ3v) is 5.40. The molecule has 3 aromatic rings. The molecule has 0 aromatic heterocycles. The number of ether oxygens (including phenoxy) is 1. The van der Waals surface area contributed by atoms with Crippen LogP contribution in [0.4, 0.5) is 23.2 Å². The molecule has 3 aromatic carbocycles. The number of rotatable bonds is 6. The Morgan fingerprint density at radius 1 is 0.897 bits per heavy atom. The highest BCUT2D eigenvalue weighted by Crippen LogP contribution is 2.30. The van der Waals surface area contributed by atoms with Crippen molar-refractivity contribution in [1.29, 1.82) is 0 Å². The molecule has 0 heterocycles. The highest BCUT2D eigenvalue weighted by Gasteiger charge is 2.17. The minimum atomic E-state index is -4.13. The van der Waals surface area contributed by atoms with Crippen LogP contribution < -0.4 is 9.46 Å². The van der Waals surface area contributed by atoms with Crippen LogP contribution in [0.25, 0.3) is 11.1 Å². The van der Waals surface area contributed by atoms with Crippen LogP contribution in [0.3, 0.4) is 0 Å². The van der Waals surface area contributed by atoms with Crippen LogP contribution in [-0.4, -0.2) is 15.0 Å². The molecule has 1 N–H and O–H groups in total. The molecule has 0 aliphatic carbocycles. The molecule has 0 aliphatic heterocycles. The van der Waals surface area contributed by atoms with Crippen LogP contribution in [0.5, 0.6) is 5.75 Å². The van der Waals surface area contributed by atoms with Crippen molar-refractivity contribution < 1.29 is 30.7 Å². The fourth-order valence-corrected chi connectivity index (χ4v) is 3.68. The van der Waals surface area contributed by atoms with Crippen LogP contribution in [-0.2, 0) is 10.0 Å². The SMILES string of the molecule is O=S(=O)(Nc1cc(-c2cc(F)cc(OC(F)F)c2)ccc1F)c1ccc(Cl)cc1. The van der Waals surface area contributed by atoms with E-state index in [9.17, 15) is 26.0 Å². The molecular weight excluding hydrogens is 434 g/mol. The summed E-state index contributed by atoms with van der Waals surface area (Å²) in [5.41, 5.74) is -0.135. The number of sulfonamides is 1. The summed E-state index contributed by atoms with van der Waals surface area (Å²) in [7, 11) is -4.13. The Labute approximate surface area is 168 Å². The Hall–Kier alpha value is -2.78. The third kappa shape index (κ3) is 5.18. The first-order chi connectivity index (χ1) is 13.6. The molecule has 0 amide bonds. The van der Waals surface area contributed by atoms with Crippen molar-refractivity contribution in [1.82, 2.24) is 0 Å². The van der Waals surface area contributed by atoms with Gasteiger partial charge in [-0.25, -0.2) is 17.2 Å². The van der Waals surface area contributed by atoms with E-state index in [0.29, 0.717) is 5.02 Å². The van der Waals surface area contributed by atoms with Crippen molar-refractivity contribution in [3.05, 3.63) is 77.3 Å². The van der Waals surface area contributed by atoms with Crippen LogP contribution in [0, 0.1) is 11.6 Å². The molecule has 0 saturated carbocycles. The van der Waals surface area contributed by atoms with Gasteiger partial charge in [0, 0.05) is 11.1 Å². The minimum Gasteiger partial charge on any atom is -0.435 e. The first-order valence-electron chi connectivity index (χ1n) is 7.98. The van der Waals surface area contributed by atoms with E-state index in [-0.39, 0.29) is 16.0 Å². The molecule has 0 atom stereocenters. The summed E-state index contributed by atoms with van der Waals surface area (Å²) in [5.74, 6) is -2.17. The van der Waals surface area contributed by atoms with E-state index in [2.05, 4.69) is 9.46 Å². The molecule has 0 radical (unpaired) electrons. The first-order valence-corrected chi connectivity index (χ1v) is 9.84. The topological polar surface area (TPSA) is 55.4 Å². The van der Waals surface area contributed by atoms with E-state index >= 15 is 0 Å². The second kappa shape index (κ2) is 8.30. The molecule has 3 rings (SSSR count). The van der Waals surface area contributed by atoms with Gasteiger partial charge in [0.15, 0.2) is 0 Å². The fourth-order valence-electron chi connectivity index (χ4n) is 2.50. The minimum absolute atomic E-state index is 0.0904. The first kappa shape index (κ1) is 20.9. The van der Waals surface area contributed by atoms with Gasteiger partial charge in [0.05, 0.1) is 10.6 Å². The zero-order chi connectivity index (χ0) is 21.2. The van der Waals surface area contributed by atoms with E-state index in [1.807, 2.05) is 0 Å². The van der Waals surface area contributed by atoms with E-state index in [4.69, 9.17) is 11.6 Å². The zero-order valence-electron chi connectivity index (χ0n) is 14.4. The van der Waals surface area contributed by atoms with Gasteiger partial charge in [0.25, 0.3) is 10.0 Å². The highest BCUT2D eigenvalue weighted by atomic mass is 35.5. The lowest BCUT2D eigenvalue weighted by atomic mass is 10.0. The van der Waals surface area contributed by atoms with Crippen molar-refractivity contribution in [2.45, 2.75) is 11.5 Å². The number of anilines is 1. The number of hydrogen-bond donors (Lipinski definition) is 1. The second-order valence-electron chi connectivity index (χ2n) is 5.81. The number of halogens is 5. The van der Waals surface area contributed by atoms with Gasteiger partial charge >= 0.3 is 6.61 Å². The summed E-state index contributed by atoms with van der Waals surface area (Å²) in [5, 5.41) is 0.324. The Balaban J connectivity index is 1.97. The lowest BCUT2D eigenvalue weighted by Crippen LogP contribution is -2.14. The van der Waals surface area contributed by atoms with Crippen molar-refractivity contribution >= 4 is 27.3 Å². The maximum atomic E-state index is 14.2. The summed E-state index contributed by atoms with van der Waals surface area (Å²) in [4.78, 5) is -0.148. The van der Waals surface area contributed by atoms with Gasteiger partial charge < -0.3 is 4.74 Å².